The van der Waals surface area contributed by atoms with Gasteiger partial charge in [-0.25, -0.2) is 0 Å². The largest absolute Gasteiger partial charge is 0.493 e. The van der Waals surface area contributed by atoms with Crippen molar-refractivity contribution in [1.82, 2.24) is 0 Å². The summed E-state index contributed by atoms with van der Waals surface area (Å²) in [5.41, 5.74) is 1.65. The summed E-state index contributed by atoms with van der Waals surface area (Å²) in [6.07, 6.45) is 2.97. The van der Waals surface area contributed by atoms with Crippen LogP contribution in [-0.2, 0) is 9.59 Å². The summed E-state index contributed by atoms with van der Waals surface area (Å²) >= 11 is 3.34. The van der Waals surface area contributed by atoms with Crippen LogP contribution in [0.1, 0.15) is 22.3 Å². The van der Waals surface area contributed by atoms with Gasteiger partial charge in [0, 0.05) is 10.0 Å². The van der Waals surface area contributed by atoms with Gasteiger partial charge in [-0.1, -0.05) is 18.2 Å². The van der Waals surface area contributed by atoms with Crippen LogP contribution in [-0.4, -0.2) is 36.0 Å². The number of benzene rings is 2. The van der Waals surface area contributed by atoms with E-state index in [1.807, 2.05) is 0 Å². The molecule has 0 atom stereocenters. The molecule has 3 rings (SSSR count). The first-order valence-corrected chi connectivity index (χ1v) is 9.15. The zero-order chi connectivity index (χ0) is 20.1. The summed E-state index contributed by atoms with van der Waals surface area (Å²) in [7, 11) is 0. The second-order valence-corrected chi connectivity index (χ2v) is 6.78. The maximum absolute atomic E-state index is 12.6. The van der Waals surface area contributed by atoms with Crippen molar-refractivity contribution in [3.8, 4) is 11.5 Å². The van der Waals surface area contributed by atoms with Gasteiger partial charge < -0.3 is 19.9 Å². The van der Waals surface area contributed by atoms with E-state index in [9.17, 15) is 14.4 Å². The number of anilines is 1. The van der Waals surface area contributed by atoms with Crippen LogP contribution in [0.2, 0.25) is 0 Å². The fourth-order valence-electron chi connectivity index (χ4n) is 2.51. The smallest absolute Gasteiger partial charge is 0.306 e. The van der Waals surface area contributed by atoms with Crippen molar-refractivity contribution in [3.63, 3.8) is 0 Å². The number of ketones is 1. The Labute approximate surface area is 169 Å². The maximum atomic E-state index is 12.6. The third-order valence-electron chi connectivity index (χ3n) is 3.84. The van der Waals surface area contributed by atoms with Crippen molar-refractivity contribution in [3.05, 3.63) is 58.1 Å². The van der Waals surface area contributed by atoms with Crippen LogP contribution in [0.25, 0.3) is 6.08 Å². The maximum Gasteiger partial charge on any atom is 0.306 e. The van der Waals surface area contributed by atoms with Crippen molar-refractivity contribution in [1.29, 1.82) is 0 Å². The second-order valence-electron chi connectivity index (χ2n) is 5.93. The normalized spacial score (nSPS) is 12.8. The first-order valence-electron chi connectivity index (χ1n) is 8.35. The molecule has 0 aliphatic carbocycles. The number of carbonyl (C=O) groups is 3. The zero-order valence-corrected chi connectivity index (χ0v) is 16.2. The molecule has 28 heavy (non-hydrogen) atoms. The van der Waals surface area contributed by atoms with E-state index in [2.05, 4.69) is 21.2 Å². The molecular weight excluding hydrogens is 430 g/mol. The van der Waals surface area contributed by atoms with Crippen molar-refractivity contribution >= 4 is 45.4 Å². The van der Waals surface area contributed by atoms with E-state index >= 15 is 0 Å². The Morgan fingerprint density at radius 2 is 2.11 bits per heavy atom. The van der Waals surface area contributed by atoms with Crippen LogP contribution in [0.15, 0.2) is 46.9 Å². The van der Waals surface area contributed by atoms with Crippen LogP contribution in [0.4, 0.5) is 5.69 Å². The molecule has 1 amide bonds. The lowest BCUT2D eigenvalue weighted by Crippen LogP contribution is -2.25. The highest BCUT2D eigenvalue weighted by Crippen LogP contribution is 2.34. The predicted octanol–water partition coefficient (Wildman–Crippen LogP) is 3.53. The number of carboxylic acids is 1. The molecule has 1 aliphatic heterocycles. The Hall–Kier alpha value is -3.13. The number of rotatable bonds is 7. The molecule has 7 nitrogen and oxygen atoms in total. The molecule has 0 spiro atoms. The quantitative estimate of drug-likeness (QED) is 0.499. The summed E-state index contributed by atoms with van der Waals surface area (Å²) in [5, 5.41) is 11.3. The number of allylic oxidation sites excluding steroid dienone is 1. The van der Waals surface area contributed by atoms with E-state index in [4.69, 9.17) is 14.6 Å². The minimum atomic E-state index is -0.930. The van der Waals surface area contributed by atoms with E-state index in [1.165, 1.54) is 6.08 Å². The molecule has 0 radical (unpaired) electrons. The molecule has 2 aromatic rings. The molecule has 2 N–H and O–H groups in total. The van der Waals surface area contributed by atoms with Gasteiger partial charge in [-0.2, -0.15) is 0 Å². The number of ether oxygens (including phenoxy) is 2. The Morgan fingerprint density at radius 3 is 2.89 bits per heavy atom. The number of halogens is 1. The van der Waals surface area contributed by atoms with Crippen molar-refractivity contribution in [2.75, 3.05) is 18.5 Å². The number of aliphatic carboxylic acids is 1. The zero-order valence-electron chi connectivity index (χ0n) is 14.6. The number of nitrogens with one attached hydrogen (secondary N) is 1. The SMILES string of the molecule is O=C(O)CCOc1cccc(C=CC(=O)c2cc3c(cc2Br)NC(=O)CO3)c1. The molecule has 1 aliphatic rings. The van der Waals surface area contributed by atoms with E-state index in [0.29, 0.717) is 27.2 Å². The molecule has 0 unspecified atom stereocenters. The lowest BCUT2D eigenvalue weighted by atomic mass is 10.1. The Balaban J connectivity index is 1.72. The van der Waals surface area contributed by atoms with E-state index < -0.39 is 5.97 Å². The Kier molecular flexibility index (Phi) is 6.10. The first-order chi connectivity index (χ1) is 13.4. The molecule has 8 heteroatoms. The Bertz CT molecular complexity index is 969. The third kappa shape index (κ3) is 4.98. The highest BCUT2D eigenvalue weighted by atomic mass is 79.9. The van der Waals surface area contributed by atoms with Crippen molar-refractivity contribution in [2.45, 2.75) is 6.42 Å². The lowest BCUT2D eigenvalue weighted by Gasteiger charge is -2.19. The van der Waals surface area contributed by atoms with E-state index in [0.717, 1.165) is 5.56 Å². The number of carboxylic acid groups (broad SMARTS) is 1. The second kappa shape index (κ2) is 8.71. The third-order valence-corrected chi connectivity index (χ3v) is 4.49. The van der Waals surface area contributed by atoms with E-state index in [-0.39, 0.29) is 31.3 Å². The minimum absolute atomic E-state index is 0.0695. The molecular formula is C20H16BrNO6. The van der Waals surface area contributed by atoms with Gasteiger partial charge in [-0.3, -0.25) is 14.4 Å². The minimum Gasteiger partial charge on any atom is -0.493 e. The monoisotopic (exact) mass is 445 g/mol. The van der Waals surface area contributed by atoms with Gasteiger partial charge in [0.2, 0.25) is 0 Å². The van der Waals surface area contributed by atoms with Gasteiger partial charge in [0.05, 0.1) is 18.7 Å². The fourth-order valence-corrected chi connectivity index (χ4v) is 3.05. The summed E-state index contributed by atoms with van der Waals surface area (Å²) in [6, 6.07) is 10.2. The predicted molar refractivity (Wildman–Crippen MR) is 106 cm³/mol. The molecule has 0 saturated carbocycles. The van der Waals surface area contributed by atoms with Crippen molar-refractivity contribution in [2.24, 2.45) is 0 Å². The average Bonchev–Trinajstić information content (AvgIpc) is 2.65. The van der Waals surface area contributed by atoms with Crippen LogP contribution in [0, 0.1) is 0 Å². The average molecular weight is 446 g/mol. The van der Waals surface area contributed by atoms with Crippen LogP contribution < -0.4 is 14.8 Å². The molecule has 0 bridgehead atoms. The van der Waals surface area contributed by atoms with Gasteiger partial charge >= 0.3 is 5.97 Å². The summed E-state index contributed by atoms with van der Waals surface area (Å²) in [5.74, 6) is -0.458. The van der Waals surface area contributed by atoms with Crippen LogP contribution >= 0.6 is 15.9 Å². The van der Waals surface area contributed by atoms with Crippen LogP contribution in [0.3, 0.4) is 0 Å². The van der Waals surface area contributed by atoms with Crippen molar-refractivity contribution < 1.29 is 29.0 Å². The van der Waals surface area contributed by atoms with Gasteiger partial charge in [0.15, 0.2) is 12.4 Å². The first kappa shape index (κ1) is 19.6. The van der Waals surface area contributed by atoms with Crippen LogP contribution in [0.5, 0.6) is 11.5 Å². The molecule has 0 saturated heterocycles. The molecule has 2 aromatic carbocycles. The lowest BCUT2D eigenvalue weighted by molar-refractivity contribution is -0.137. The highest BCUT2D eigenvalue weighted by molar-refractivity contribution is 9.10. The summed E-state index contributed by atoms with van der Waals surface area (Å²) < 4.78 is 11.3. The van der Waals surface area contributed by atoms with Gasteiger partial charge in [0.1, 0.15) is 11.5 Å². The number of amides is 1. The molecule has 1 heterocycles. The topological polar surface area (TPSA) is 102 Å². The van der Waals surface area contributed by atoms with Gasteiger partial charge in [-0.15, -0.1) is 0 Å². The van der Waals surface area contributed by atoms with E-state index in [1.54, 1.807) is 42.5 Å². The number of carbonyl (C=O) groups excluding carboxylic acids is 2. The fraction of sp³-hybridized carbons (Fsp3) is 0.150. The number of fused-ring (bicyclic) bond motifs is 1. The van der Waals surface area contributed by atoms with Gasteiger partial charge in [-0.05, 0) is 51.8 Å². The number of hydrogen-bond donors (Lipinski definition) is 2. The molecule has 0 fully saturated rings. The summed E-state index contributed by atoms with van der Waals surface area (Å²) in [4.78, 5) is 34.5. The molecule has 144 valence electrons. The number of hydrogen-bond acceptors (Lipinski definition) is 5. The standard InChI is InChI=1S/C20H16BrNO6/c21-15-10-16-18(28-11-19(24)22-16)9-14(15)17(23)5-4-12-2-1-3-13(8-12)27-7-6-20(25)26/h1-5,8-10H,6-7,11H2,(H,22,24)(H,25,26). The highest BCUT2D eigenvalue weighted by Gasteiger charge is 2.19. The van der Waals surface area contributed by atoms with Gasteiger partial charge in [0.25, 0.3) is 5.91 Å². The molecule has 0 aromatic heterocycles. The Morgan fingerprint density at radius 1 is 1.29 bits per heavy atom. The summed E-state index contributed by atoms with van der Waals surface area (Å²) in [6.45, 7) is -0.0210.